The van der Waals surface area contributed by atoms with E-state index in [9.17, 15) is 24.5 Å². The van der Waals surface area contributed by atoms with Crippen LogP contribution in [0, 0.1) is 11.2 Å². The lowest BCUT2D eigenvalue weighted by Crippen LogP contribution is -2.10. The molecule has 0 aliphatic carbocycles. The second kappa shape index (κ2) is 7.96. The molecule has 0 bridgehead atoms. The number of nitrogens with zero attached hydrogens (tertiary/aromatic N) is 1. The van der Waals surface area contributed by atoms with Crippen molar-refractivity contribution in [1.29, 1.82) is 5.41 Å². The van der Waals surface area contributed by atoms with Gasteiger partial charge in [0.15, 0.2) is 0 Å². The van der Waals surface area contributed by atoms with Crippen LogP contribution in [0.5, 0.6) is 11.5 Å². The molecule has 0 amide bonds. The van der Waals surface area contributed by atoms with Crippen LogP contribution in [-0.4, -0.2) is 37.1 Å². The van der Waals surface area contributed by atoms with Crippen LogP contribution in [0.3, 0.4) is 0 Å². The number of aromatic nitrogens is 2. The average molecular weight is 443 g/mol. The Morgan fingerprint density at radius 1 is 1.00 bits per heavy atom. The molecule has 8 nitrogen and oxygen atoms in total. The molecule has 7 N–H and O–H groups in total. The Labute approximate surface area is 180 Å². The van der Waals surface area contributed by atoms with Gasteiger partial charge in [0.25, 0.3) is 0 Å². The lowest BCUT2D eigenvalue weighted by Gasteiger charge is -2.12. The first kappa shape index (κ1) is 21.6. The van der Waals surface area contributed by atoms with Crippen LogP contribution >= 0.6 is 12.4 Å². The Hall–Kier alpha value is -4.11. The first-order valence-corrected chi connectivity index (χ1v) is 8.68. The highest BCUT2D eigenvalue weighted by molar-refractivity contribution is 5.99. The molecule has 0 saturated carbocycles. The van der Waals surface area contributed by atoms with Crippen molar-refractivity contribution in [3.63, 3.8) is 0 Å². The summed E-state index contributed by atoms with van der Waals surface area (Å²) in [4.78, 5) is 19.0. The van der Waals surface area contributed by atoms with Crippen LogP contribution in [0.4, 0.5) is 4.39 Å². The molecule has 4 rings (SSSR count). The molecule has 1 aromatic heterocycles. The quantitative estimate of drug-likeness (QED) is 0.208. The zero-order valence-corrected chi connectivity index (χ0v) is 16.5. The highest BCUT2D eigenvalue weighted by Gasteiger charge is 2.21. The minimum atomic E-state index is -1.27. The fourth-order valence-corrected chi connectivity index (χ4v) is 3.17. The van der Waals surface area contributed by atoms with Crippen molar-refractivity contribution < 1.29 is 24.5 Å². The number of rotatable bonds is 4. The van der Waals surface area contributed by atoms with Crippen molar-refractivity contribution in [3.8, 4) is 34.0 Å². The van der Waals surface area contributed by atoms with Gasteiger partial charge < -0.3 is 26.0 Å². The molecule has 0 atom stereocenters. The summed E-state index contributed by atoms with van der Waals surface area (Å²) in [5.74, 6) is -2.62. The van der Waals surface area contributed by atoms with Gasteiger partial charge in [0.1, 0.15) is 29.0 Å². The molecule has 158 valence electrons. The summed E-state index contributed by atoms with van der Waals surface area (Å²) in [5.41, 5.74) is 6.73. The summed E-state index contributed by atoms with van der Waals surface area (Å²) in [7, 11) is 0. The molecule has 0 aliphatic rings. The predicted octanol–water partition coefficient (Wildman–Crippen LogP) is 3.85. The third-order valence-corrected chi connectivity index (χ3v) is 4.65. The maximum atomic E-state index is 13.7. The number of amidine groups is 1. The number of hydrogen-bond acceptors (Lipinski definition) is 5. The number of fused-ring (bicyclic) bond motifs is 1. The van der Waals surface area contributed by atoms with Gasteiger partial charge in [-0.1, -0.05) is 0 Å². The van der Waals surface area contributed by atoms with E-state index < -0.39 is 11.8 Å². The molecule has 3 aromatic carbocycles. The lowest BCUT2D eigenvalue weighted by atomic mass is 9.97. The molecule has 0 aliphatic heterocycles. The van der Waals surface area contributed by atoms with Crippen molar-refractivity contribution in [1.82, 2.24) is 9.97 Å². The summed E-state index contributed by atoms with van der Waals surface area (Å²) >= 11 is 0. The summed E-state index contributed by atoms with van der Waals surface area (Å²) < 4.78 is 13.7. The van der Waals surface area contributed by atoms with E-state index in [1.54, 1.807) is 18.2 Å². The number of phenols is 2. The Morgan fingerprint density at radius 3 is 2.39 bits per heavy atom. The number of hydrogen-bond donors (Lipinski definition) is 6. The maximum absolute atomic E-state index is 13.7. The van der Waals surface area contributed by atoms with E-state index in [1.807, 2.05) is 0 Å². The number of nitrogens with two attached hydrogens (primary N) is 1. The molecule has 0 fully saturated rings. The standard InChI is InChI=1S/C21H15FN4O4.ClH/c22-11-2-4-17(27)12(8-11)13-5-10(21(29)30)6-14(18(13)28)20-25-15-3-1-9(19(23)24)7-16(15)26-20;/h1-8,27-28H,(H3,23,24)(H,25,26)(H,29,30);1H. The van der Waals surface area contributed by atoms with E-state index >= 15 is 0 Å². The number of phenolic OH excluding ortho intramolecular Hbond substituents is 2. The van der Waals surface area contributed by atoms with Gasteiger partial charge in [-0.25, -0.2) is 14.2 Å². The van der Waals surface area contributed by atoms with Crippen LogP contribution in [0.2, 0.25) is 0 Å². The van der Waals surface area contributed by atoms with Crippen LogP contribution in [0.1, 0.15) is 15.9 Å². The van der Waals surface area contributed by atoms with Crippen molar-refractivity contribution in [3.05, 3.63) is 65.5 Å². The average Bonchev–Trinajstić information content (AvgIpc) is 3.13. The number of benzene rings is 3. The molecule has 0 spiro atoms. The normalized spacial score (nSPS) is 10.6. The van der Waals surface area contributed by atoms with Gasteiger partial charge in [0, 0.05) is 16.7 Å². The highest BCUT2D eigenvalue weighted by atomic mass is 35.5. The highest BCUT2D eigenvalue weighted by Crippen LogP contribution is 2.42. The number of H-pyrrole nitrogens is 1. The molecular formula is C21H16ClFN4O4. The number of aromatic hydroxyl groups is 2. The second-order valence-corrected chi connectivity index (χ2v) is 6.62. The van der Waals surface area contributed by atoms with Crippen LogP contribution in [0.15, 0.2) is 48.5 Å². The fraction of sp³-hybridized carbons (Fsp3) is 0. The van der Waals surface area contributed by atoms with Crippen molar-refractivity contribution in [2.75, 3.05) is 0 Å². The third-order valence-electron chi connectivity index (χ3n) is 4.65. The Bertz CT molecular complexity index is 1350. The molecule has 0 unspecified atom stereocenters. The number of aromatic carboxylic acids is 1. The molecule has 4 aromatic rings. The number of aromatic amines is 1. The largest absolute Gasteiger partial charge is 0.507 e. The summed E-state index contributed by atoms with van der Waals surface area (Å²) in [6, 6.07) is 10.4. The van der Waals surface area contributed by atoms with Gasteiger partial charge in [-0.05, 0) is 48.5 Å². The molecular weight excluding hydrogens is 427 g/mol. The monoisotopic (exact) mass is 442 g/mol. The smallest absolute Gasteiger partial charge is 0.335 e. The Kier molecular flexibility index (Phi) is 5.54. The van der Waals surface area contributed by atoms with Gasteiger partial charge in [-0.15, -0.1) is 12.4 Å². The van der Waals surface area contributed by atoms with Crippen LogP contribution in [-0.2, 0) is 0 Å². The zero-order valence-electron chi connectivity index (χ0n) is 15.7. The number of imidazole rings is 1. The van der Waals surface area contributed by atoms with Crippen LogP contribution in [0.25, 0.3) is 33.5 Å². The van der Waals surface area contributed by atoms with Gasteiger partial charge >= 0.3 is 5.97 Å². The van der Waals surface area contributed by atoms with Crippen molar-refractivity contribution in [2.24, 2.45) is 5.73 Å². The molecule has 0 radical (unpaired) electrons. The maximum Gasteiger partial charge on any atom is 0.335 e. The lowest BCUT2D eigenvalue weighted by molar-refractivity contribution is 0.0697. The number of nitrogen functional groups attached to an aromatic ring is 1. The molecule has 1 heterocycles. The zero-order chi connectivity index (χ0) is 21.6. The number of halogens is 2. The summed E-state index contributed by atoms with van der Waals surface area (Å²) in [5, 5.41) is 38.0. The first-order chi connectivity index (χ1) is 14.2. The number of nitrogens with one attached hydrogen (secondary N) is 2. The van der Waals surface area contributed by atoms with Crippen LogP contribution < -0.4 is 5.73 Å². The van der Waals surface area contributed by atoms with E-state index in [0.717, 1.165) is 24.3 Å². The second-order valence-electron chi connectivity index (χ2n) is 6.62. The summed E-state index contributed by atoms with van der Waals surface area (Å²) in [6.07, 6.45) is 0. The minimum Gasteiger partial charge on any atom is -0.507 e. The Balaban J connectivity index is 0.00000272. The van der Waals surface area contributed by atoms with Gasteiger partial charge in [0.2, 0.25) is 0 Å². The molecule has 31 heavy (non-hydrogen) atoms. The number of carboxylic acid groups (broad SMARTS) is 1. The fourth-order valence-electron chi connectivity index (χ4n) is 3.17. The molecule has 0 saturated heterocycles. The molecule has 10 heteroatoms. The van der Waals surface area contributed by atoms with E-state index in [0.29, 0.717) is 16.6 Å². The first-order valence-electron chi connectivity index (χ1n) is 8.68. The minimum absolute atomic E-state index is 0. The SMILES string of the molecule is Cl.N=C(N)c1ccc2nc(-c3cc(C(=O)O)cc(-c4cc(F)ccc4O)c3O)[nH]c2c1. The predicted molar refractivity (Wildman–Crippen MR) is 115 cm³/mol. The topological polar surface area (TPSA) is 156 Å². The van der Waals surface area contributed by atoms with E-state index in [2.05, 4.69) is 9.97 Å². The number of carboxylic acids is 1. The van der Waals surface area contributed by atoms with Crippen molar-refractivity contribution in [2.45, 2.75) is 0 Å². The van der Waals surface area contributed by atoms with Crippen molar-refractivity contribution >= 4 is 35.2 Å². The summed E-state index contributed by atoms with van der Waals surface area (Å²) in [6.45, 7) is 0. The number of carbonyl (C=O) groups is 1. The van der Waals surface area contributed by atoms with Gasteiger partial charge in [0.05, 0.1) is 22.2 Å². The third kappa shape index (κ3) is 3.86. The van der Waals surface area contributed by atoms with E-state index in [4.69, 9.17) is 11.1 Å². The van der Waals surface area contributed by atoms with E-state index in [-0.39, 0.29) is 57.8 Å². The van der Waals surface area contributed by atoms with Gasteiger partial charge in [-0.3, -0.25) is 5.41 Å². The van der Waals surface area contributed by atoms with E-state index in [1.165, 1.54) is 6.07 Å². The van der Waals surface area contributed by atoms with Gasteiger partial charge in [-0.2, -0.15) is 0 Å². The Morgan fingerprint density at radius 2 is 1.71 bits per heavy atom.